The highest BCUT2D eigenvalue weighted by atomic mass is 19.4. The van der Waals surface area contributed by atoms with Gasteiger partial charge in [0.25, 0.3) is 0 Å². The Morgan fingerprint density at radius 3 is 1.94 bits per heavy atom. The molecule has 2 rings (SSSR count). The van der Waals surface area contributed by atoms with E-state index in [0.29, 0.717) is 17.7 Å². The predicted molar refractivity (Wildman–Crippen MR) is 54.3 cm³/mol. The summed E-state index contributed by atoms with van der Waals surface area (Å²) in [5.41, 5.74) is 0. The fraction of sp³-hybridized carbons (Fsp3) is 1.00. The van der Waals surface area contributed by atoms with Crippen molar-refractivity contribution >= 4 is 0 Å². The lowest BCUT2D eigenvalue weighted by molar-refractivity contribution is -0.369. The fourth-order valence-corrected chi connectivity index (χ4v) is 2.97. The van der Waals surface area contributed by atoms with Gasteiger partial charge in [-0.1, -0.05) is 13.3 Å². The van der Waals surface area contributed by atoms with Gasteiger partial charge in [-0.05, 0) is 18.8 Å². The van der Waals surface area contributed by atoms with E-state index in [4.69, 9.17) is 4.74 Å². The molecule has 0 aromatic rings. The molecule has 7 heteroatoms. The molecule has 2 unspecified atom stereocenters. The van der Waals surface area contributed by atoms with Gasteiger partial charge in [-0.3, -0.25) is 0 Å². The van der Waals surface area contributed by atoms with Gasteiger partial charge in [0.15, 0.2) is 0 Å². The number of halogens is 5. The van der Waals surface area contributed by atoms with Crippen molar-refractivity contribution in [1.82, 2.24) is 4.90 Å². The second-order valence-corrected chi connectivity index (χ2v) is 5.04. The van der Waals surface area contributed by atoms with E-state index in [-0.39, 0.29) is 19.1 Å². The summed E-state index contributed by atoms with van der Waals surface area (Å²) in [5.74, 6) is 0.212. The topological polar surface area (TPSA) is 12.5 Å². The van der Waals surface area contributed by atoms with Crippen LogP contribution in [0.3, 0.4) is 0 Å². The summed E-state index contributed by atoms with van der Waals surface area (Å²) in [5, 5.41) is 0. The molecule has 0 spiro atoms. The number of piperidine rings is 1. The molecule has 106 valence electrons. The van der Waals surface area contributed by atoms with Gasteiger partial charge in [0.1, 0.15) is 0 Å². The zero-order valence-electron chi connectivity index (χ0n) is 10.0. The minimum Gasteiger partial charge on any atom is -0.378 e. The molecule has 0 aliphatic carbocycles. The van der Waals surface area contributed by atoms with Gasteiger partial charge in [-0.25, -0.2) is 4.90 Å². The van der Waals surface area contributed by atoms with Crippen molar-refractivity contribution in [2.75, 3.05) is 13.2 Å². The normalized spacial score (nSPS) is 34.7. The molecule has 2 fully saturated rings. The summed E-state index contributed by atoms with van der Waals surface area (Å²) in [7, 11) is 0. The molecular formula is C11H16F5NO. The van der Waals surface area contributed by atoms with E-state index in [0.717, 1.165) is 6.42 Å². The molecule has 0 amide bonds. The summed E-state index contributed by atoms with van der Waals surface area (Å²) >= 11 is 0. The molecule has 2 heterocycles. The third-order valence-electron chi connectivity index (χ3n) is 3.86. The van der Waals surface area contributed by atoms with Crippen molar-refractivity contribution in [2.45, 2.75) is 50.5 Å². The lowest BCUT2D eigenvalue weighted by atomic mass is 9.83. The van der Waals surface area contributed by atoms with Crippen LogP contribution in [-0.2, 0) is 4.74 Å². The minimum absolute atomic E-state index is 0.0430. The van der Waals surface area contributed by atoms with E-state index >= 15 is 0 Å². The summed E-state index contributed by atoms with van der Waals surface area (Å²) in [6.07, 6.45) is -4.03. The number of ether oxygens (including phenoxy) is 1. The number of hydrogen-bond acceptors (Lipinski definition) is 2. The Balaban J connectivity index is 2.23. The van der Waals surface area contributed by atoms with E-state index < -0.39 is 24.3 Å². The van der Waals surface area contributed by atoms with Crippen LogP contribution in [0.1, 0.15) is 26.2 Å². The van der Waals surface area contributed by atoms with E-state index in [9.17, 15) is 22.0 Å². The number of hydrogen-bond donors (Lipinski definition) is 0. The number of alkyl halides is 5. The lowest BCUT2D eigenvalue weighted by Gasteiger charge is -2.51. The number of rotatable bonds is 2. The first-order chi connectivity index (χ1) is 8.27. The Hall–Kier alpha value is -0.430. The van der Waals surface area contributed by atoms with Gasteiger partial charge in [-0.2, -0.15) is 22.0 Å². The van der Waals surface area contributed by atoms with Crippen LogP contribution in [0.25, 0.3) is 0 Å². The average molecular weight is 273 g/mol. The second kappa shape index (κ2) is 4.59. The number of fused-ring (bicyclic) bond motifs is 2. The molecular weight excluding hydrogens is 257 g/mol. The van der Waals surface area contributed by atoms with Crippen LogP contribution in [0, 0.1) is 5.92 Å². The van der Waals surface area contributed by atoms with Crippen LogP contribution < -0.4 is 0 Å². The zero-order valence-corrected chi connectivity index (χ0v) is 10.0. The highest BCUT2D eigenvalue weighted by molar-refractivity contribution is 4.96. The Labute approximate surface area is 102 Å². The van der Waals surface area contributed by atoms with Crippen LogP contribution in [0.15, 0.2) is 0 Å². The maximum absolute atomic E-state index is 13.5. The van der Waals surface area contributed by atoms with Gasteiger partial charge >= 0.3 is 12.2 Å². The van der Waals surface area contributed by atoms with Crippen molar-refractivity contribution in [1.29, 1.82) is 0 Å². The molecule has 2 atom stereocenters. The second-order valence-electron chi connectivity index (χ2n) is 5.04. The van der Waals surface area contributed by atoms with Gasteiger partial charge in [0, 0.05) is 12.1 Å². The third-order valence-corrected chi connectivity index (χ3v) is 3.86. The van der Waals surface area contributed by atoms with Gasteiger partial charge < -0.3 is 4.74 Å². The monoisotopic (exact) mass is 273 g/mol. The molecule has 2 saturated heterocycles. The smallest absolute Gasteiger partial charge is 0.378 e. The van der Waals surface area contributed by atoms with Crippen molar-refractivity contribution in [2.24, 2.45) is 5.92 Å². The van der Waals surface area contributed by atoms with Crippen LogP contribution in [-0.4, -0.2) is 42.4 Å². The lowest BCUT2D eigenvalue weighted by Crippen LogP contribution is -2.67. The van der Waals surface area contributed by atoms with Crippen molar-refractivity contribution < 1.29 is 26.7 Å². The largest absolute Gasteiger partial charge is 0.469 e. The van der Waals surface area contributed by atoms with E-state index in [1.165, 1.54) is 0 Å². The highest BCUT2D eigenvalue weighted by Gasteiger charge is 2.66. The summed E-state index contributed by atoms with van der Waals surface area (Å²) in [6.45, 7) is 1.84. The van der Waals surface area contributed by atoms with Crippen molar-refractivity contribution in [3.05, 3.63) is 0 Å². The van der Waals surface area contributed by atoms with Gasteiger partial charge in [-0.15, -0.1) is 0 Å². The van der Waals surface area contributed by atoms with Crippen LogP contribution in [0.4, 0.5) is 22.0 Å². The van der Waals surface area contributed by atoms with Gasteiger partial charge in [0.2, 0.25) is 0 Å². The molecule has 2 nitrogen and oxygen atoms in total. The van der Waals surface area contributed by atoms with Crippen molar-refractivity contribution in [3.63, 3.8) is 0 Å². The molecule has 2 bridgehead atoms. The third kappa shape index (κ3) is 2.22. The zero-order chi connectivity index (χ0) is 13.6. The quantitative estimate of drug-likeness (QED) is 0.566. The Morgan fingerprint density at radius 1 is 1.06 bits per heavy atom. The fourth-order valence-electron chi connectivity index (χ4n) is 2.97. The predicted octanol–water partition coefficient (Wildman–Crippen LogP) is 3.03. The van der Waals surface area contributed by atoms with Crippen molar-refractivity contribution in [3.8, 4) is 0 Å². The summed E-state index contributed by atoms with van der Waals surface area (Å²) in [6, 6.07) is -6.43. The molecule has 2 aliphatic rings. The number of morpholine rings is 1. The first kappa shape index (κ1) is 14.0. The maximum atomic E-state index is 13.5. The SMILES string of the molecule is CCC1CC2COCC(C1)N2C(F)(F)C(F)(F)F. The molecule has 0 aromatic carbocycles. The van der Waals surface area contributed by atoms with Crippen LogP contribution in [0.2, 0.25) is 0 Å². The Bertz CT molecular complexity index is 292. The Kier molecular flexibility index (Phi) is 3.57. The first-order valence-electron chi connectivity index (χ1n) is 6.08. The molecule has 2 aliphatic heterocycles. The minimum atomic E-state index is -5.53. The van der Waals surface area contributed by atoms with Gasteiger partial charge in [0.05, 0.1) is 13.2 Å². The number of nitrogens with zero attached hydrogens (tertiary/aromatic N) is 1. The summed E-state index contributed by atoms with van der Waals surface area (Å²) in [4.78, 5) is 0.336. The Morgan fingerprint density at radius 2 is 1.56 bits per heavy atom. The van der Waals surface area contributed by atoms with E-state index in [2.05, 4.69) is 0 Å². The maximum Gasteiger partial charge on any atom is 0.469 e. The van der Waals surface area contributed by atoms with Crippen LogP contribution in [0.5, 0.6) is 0 Å². The summed E-state index contributed by atoms with van der Waals surface area (Å²) < 4.78 is 69.6. The average Bonchev–Trinajstić information content (AvgIpc) is 2.25. The van der Waals surface area contributed by atoms with Crippen LogP contribution >= 0.6 is 0 Å². The standard InChI is InChI=1S/C11H16F5NO/c1-2-7-3-8-5-18-6-9(4-7)17(8)11(15,16)10(12,13)14/h7-9H,2-6H2,1H3. The molecule has 0 aromatic heterocycles. The first-order valence-corrected chi connectivity index (χ1v) is 6.08. The van der Waals surface area contributed by atoms with E-state index in [1.54, 1.807) is 0 Å². The molecule has 0 saturated carbocycles. The molecule has 0 N–H and O–H groups in total. The highest BCUT2D eigenvalue weighted by Crippen LogP contribution is 2.46. The molecule has 0 radical (unpaired) electrons. The van der Waals surface area contributed by atoms with E-state index in [1.807, 2.05) is 6.92 Å². The molecule has 18 heavy (non-hydrogen) atoms.